The number of thioether (sulfide) groups is 1. The van der Waals surface area contributed by atoms with Gasteiger partial charge in [0.25, 0.3) is 0 Å². The molecule has 0 radical (unpaired) electrons. The highest BCUT2D eigenvalue weighted by atomic mass is 32.2. The number of ether oxygens (including phenoxy) is 1. The molecule has 1 heterocycles. The maximum absolute atomic E-state index is 11.4. The summed E-state index contributed by atoms with van der Waals surface area (Å²) in [5.41, 5.74) is 1.68. The summed E-state index contributed by atoms with van der Waals surface area (Å²) in [6.07, 6.45) is 5.31. The highest BCUT2D eigenvalue weighted by molar-refractivity contribution is 7.99. The molecule has 0 unspecified atom stereocenters. The average Bonchev–Trinajstić information content (AvgIpc) is 2.45. The first-order valence-electron chi connectivity index (χ1n) is 5.91. The minimum Gasteiger partial charge on any atom is -0.461 e. The van der Waals surface area contributed by atoms with Crippen LogP contribution in [0.3, 0.4) is 0 Å². The molecule has 0 N–H and O–H groups in total. The van der Waals surface area contributed by atoms with Crippen LogP contribution in [0.25, 0.3) is 11.0 Å². The topological polar surface area (TPSA) is 52.1 Å². The van der Waals surface area contributed by atoms with Crippen molar-refractivity contribution in [3.05, 3.63) is 42.6 Å². The lowest BCUT2D eigenvalue weighted by Crippen LogP contribution is -2.07. The van der Waals surface area contributed by atoms with Crippen LogP contribution in [-0.2, 0) is 9.53 Å². The molecule has 5 heteroatoms. The first kappa shape index (κ1) is 13.5. The summed E-state index contributed by atoms with van der Waals surface area (Å²) >= 11 is 1.33. The van der Waals surface area contributed by atoms with Gasteiger partial charge in [-0.25, -0.2) is 4.98 Å². The molecule has 0 saturated heterocycles. The molecule has 0 fully saturated rings. The fourth-order valence-corrected chi connectivity index (χ4v) is 2.06. The van der Waals surface area contributed by atoms with Crippen LogP contribution in [0.4, 0.5) is 0 Å². The third-order valence-corrected chi connectivity index (χ3v) is 3.21. The molecule has 2 rings (SSSR count). The van der Waals surface area contributed by atoms with Crippen LogP contribution in [0, 0.1) is 0 Å². The molecule has 4 nitrogen and oxygen atoms in total. The number of fused-ring (bicyclic) bond motifs is 1. The number of allylic oxidation sites excluding steroid dienone is 1. The van der Waals surface area contributed by atoms with Crippen molar-refractivity contribution in [2.24, 2.45) is 0 Å². The van der Waals surface area contributed by atoms with Crippen molar-refractivity contribution >= 4 is 28.8 Å². The monoisotopic (exact) mass is 274 g/mol. The van der Waals surface area contributed by atoms with Crippen molar-refractivity contribution in [3.8, 4) is 0 Å². The van der Waals surface area contributed by atoms with Gasteiger partial charge in [-0.1, -0.05) is 36.0 Å². The van der Waals surface area contributed by atoms with Crippen LogP contribution in [0.1, 0.15) is 6.92 Å². The third-order valence-electron chi connectivity index (χ3n) is 2.34. The number of hydrogen-bond acceptors (Lipinski definition) is 5. The molecule has 98 valence electrons. The zero-order chi connectivity index (χ0) is 13.5. The van der Waals surface area contributed by atoms with Crippen molar-refractivity contribution in [1.82, 2.24) is 9.97 Å². The van der Waals surface area contributed by atoms with E-state index >= 15 is 0 Å². The van der Waals surface area contributed by atoms with Crippen molar-refractivity contribution in [3.63, 3.8) is 0 Å². The molecule has 19 heavy (non-hydrogen) atoms. The molecule has 0 saturated carbocycles. The first-order valence-corrected chi connectivity index (χ1v) is 6.89. The predicted octanol–water partition coefficient (Wildman–Crippen LogP) is 2.84. The fourth-order valence-electron chi connectivity index (χ4n) is 1.42. The van der Waals surface area contributed by atoms with Gasteiger partial charge >= 0.3 is 5.97 Å². The number of nitrogens with zero attached hydrogens (tertiary/aromatic N) is 2. The molecule has 0 amide bonds. The Morgan fingerprint density at radius 2 is 2.16 bits per heavy atom. The number of aromatic nitrogens is 2. The maximum atomic E-state index is 11.4. The minimum atomic E-state index is -0.252. The van der Waals surface area contributed by atoms with E-state index in [1.165, 1.54) is 11.8 Å². The molecular formula is C14H14N2O2S. The SMILES string of the molecule is C/C=C/COC(=O)CSc1cnc2ccccc2n1. The Labute approximate surface area is 115 Å². The second-order valence-electron chi connectivity index (χ2n) is 3.74. The predicted molar refractivity (Wildman–Crippen MR) is 76.0 cm³/mol. The van der Waals surface area contributed by atoms with E-state index in [0.717, 1.165) is 16.1 Å². The van der Waals surface area contributed by atoms with Crippen LogP contribution in [0.2, 0.25) is 0 Å². The smallest absolute Gasteiger partial charge is 0.316 e. The van der Waals surface area contributed by atoms with E-state index in [4.69, 9.17) is 4.74 Å². The second kappa shape index (κ2) is 6.89. The lowest BCUT2D eigenvalue weighted by Gasteiger charge is -2.02. The van der Waals surface area contributed by atoms with Crippen LogP contribution < -0.4 is 0 Å². The largest absolute Gasteiger partial charge is 0.461 e. The Morgan fingerprint density at radius 3 is 2.95 bits per heavy atom. The Morgan fingerprint density at radius 1 is 1.37 bits per heavy atom. The summed E-state index contributed by atoms with van der Waals surface area (Å²) in [5.74, 6) is -0.0111. The second-order valence-corrected chi connectivity index (χ2v) is 4.73. The third kappa shape index (κ3) is 4.06. The molecule has 1 aromatic carbocycles. The van der Waals surface area contributed by atoms with E-state index in [9.17, 15) is 4.79 Å². The van der Waals surface area contributed by atoms with Crippen LogP contribution in [-0.4, -0.2) is 28.3 Å². The molecule has 0 aliphatic heterocycles. The zero-order valence-electron chi connectivity index (χ0n) is 10.6. The summed E-state index contributed by atoms with van der Waals surface area (Å²) in [6.45, 7) is 2.20. The van der Waals surface area contributed by atoms with Gasteiger partial charge in [0.1, 0.15) is 11.6 Å². The van der Waals surface area contributed by atoms with Crippen LogP contribution >= 0.6 is 11.8 Å². The quantitative estimate of drug-likeness (QED) is 0.477. The van der Waals surface area contributed by atoms with Crippen LogP contribution in [0.15, 0.2) is 47.6 Å². The Bertz CT molecular complexity index is 599. The molecule has 0 spiro atoms. The summed E-state index contributed by atoms with van der Waals surface area (Å²) in [7, 11) is 0. The summed E-state index contributed by atoms with van der Waals surface area (Å²) in [4.78, 5) is 20.1. The number of para-hydroxylation sites is 2. The highest BCUT2D eigenvalue weighted by Crippen LogP contribution is 2.17. The maximum Gasteiger partial charge on any atom is 0.316 e. The number of hydrogen-bond donors (Lipinski definition) is 0. The zero-order valence-corrected chi connectivity index (χ0v) is 11.4. The van der Waals surface area contributed by atoms with Gasteiger partial charge in [0.05, 0.1) is 23.0 Å². The van der Waals surface area contributed by atoms with E-state index in [1.807, 2.05) is 37.3 Å². The highest BCUT2D eigenvalue weighted by Gasteiger charge is 2.05. The first-order chi connectivity index (χ1) is 9.29. The Balaban J connectivity index is 1.92. The van der Waals surface area contributed by atoms with Gasteiger partial charge in [-0.2, -0.15) is 0 Å². The lowest BCUT2D eigenvalue weighted by atomic mass is 10.3. The minimum absolute atomic E-state index is 0.241. The van der Waals surface area contributed by atoms with Gasteiger partial charge in [0.15, 0.2) is 0 Å². The molecule has 1 aromatic heterocycles. The van der Waals surface area contributed by atoms with E-state index < -0.39 is 0 Å². The van der Waals surface area contributed by atoms with Gasteiger partial charge in [-0.15, -0.1) is 0 Å². The van der Waals surface area contributed by atoms with Crippen molar-refractivity contribution in [2.75, 3.05) is 12.4 Å². The molecule has 0 bridgehead atoms. The van der Waals surface area contributed by atoms with Crippen molar-refractivity contribution < 1.29 is 9.53 Å². The standard InChI is InChI=1S/C14H14N2O2S/c1-2-3-8-18-14(17)10-19-13-9-15-11-6-4-5-7-12(11)16-13/h2-7,9H,8,10H2,1H3/b3-2+. The lowest BCUT2D eigenvalue weighted by molar-refractivity contribution is -0.139. The van der Waals surface area contributed by atoms with Gasteiger partial charge in [0, 0.05) is 0 Å². The number of carbonyl (C=O) groups is 1. The summed E-state index contributed by atoms with van der Waals surface area (Å²) < 4.78 is 5.00. The molecule has 0 aliphatic rings. The van der Waals surface area contributed by atoms with Gasteiger partial charge in [-0.3, -0.25) is 9.78 Å². The number of esters is 1. The number of carbonyl (C=O) groups excluding carboxylic acids is 1. The summed E-state index contributed by atoms with van der Waals surface area (Å²) in [6, 6.07) is 7.64. The van der Waals surface area contributed by atoms with E-state index in [0.29, 0.717) is 6.61 Å². The molecular weight excluding hydrogens is 260 g/mol. The van der Waals surface area contributed by atoms with Crippen molar-refractivity contribution in [1.29, 1.82) is 0 Å². The number of rotatable bonds is 5. The Hall–Kier alpha value is -1.88. The average molecular weight is 274 g/mol. The normalized spacial score (nSPS) is 11.0. The van der Waals surface area contributed by atoms with Crippen molar-refractivity contribution in [2.45, 2.75) is 11.9 Å². The molecule has 0 aliphatic carbocycles. The summed E-state index contributed by atoms with van der Waals surface area (Å²) in [5, 5.41) is 0.724. The fraction of sp³-hybridized carbons (Fsp3) is 0.214. The van der Waals surface area contributed by atoms with E-state index in [-0.39, 0.29) is 11.7 Å². The van der Waals surface area contributed by atoms with Gasteiger partial charge < -0.3 is 4.74 Å². The van der Waals surface area contributed by atoms with E-state index in [2.05, 4.69) is 9.97 Å². The van der Waals surface area contributed by atoms with E-state index in [1.54, 1.807) is 12.3 Å². The Kier molecular flexibility index (Phi) is 4.92. The van der Waals surface area contributed by atoms with Gasteiger partial charge in [0.2, 0.25) is 0 Å². The molecule has 0 atom stereocenters. The van der Waals surface area contributed by atoms with Crippen LogP contribution in [0.5, 0.6) is 0 Å². The molecule has 2 aromatic rings. The number of benzene rings is 1. The van der Waals surface area contributed by atoms with Gasteiger partial charge in [-0.05, 0) is 19.1 Å².